The van der Waals surface area contributed by atoms with Crippen LogP contribution in [0.5, 0.6) is 0 Å². The predicted octanol–water partition coefficient (Wildman–Crippen LogP) is 0.742. The van der Waals surface area contributed by atoms with E-state index in [2.05, 4.69) is 0 Å². The SMILES string of the molecule is OCSCCCSCO. The fourth-order valence-electron chi connectivity index (χ4n) is 0.392. The van der Waals surface area contributed by atoms with Crippen LogP contribution < -0.4 is 0 Å². The van der Waals surface area contributed by atoms with E-state index in [1.807, 2.05) is 0 Å². The van der Waals surface area contributed by atoms with E-state index in [4.69, 9.17) is 10.2 Å². The molecule has 56 valence electrons. The maximum absolute atomic E-state index is 8.33. The molecule has 0 unspecified atom stereocenters. The molecule has 2 N–H and O–H groups in total. The number of hydrogen-bond acceptors (Lipinski definition) is 4. The van der Waals surface area contributed by atoms with Crippen molar-refractivity contribution in [3.05, 3.63) is 0 Å². The summed E-state index contributed by atoms with van der Waals surface area (Å²) >= 11 is 3.04. The van der Waals surface area contributed by atoms with Gasteiger partial charge in [0.05, 0.1) is 11.9 Å². The van der Waals surface area contributed by atoms with Crippen LogP contribution >= 0.6 is 23.5 Å². The fourth-order valence-corrected chi connectivity index (χ4v) is 1.53. The van der Waals surface area contributed by atoms with E-state index in [1.165, 1.54) is 23.5 Å². The Hall–Kier alpha value is 0.620. The normalized spacial score (nSPS) is 10.0. The molecule has 2 nitrogen and oxygen atoms in total. The summed E-state index contributed by atoms with van der Waals surface area (Å²) in [6.45, 7) is 0. The third-order valence-corrected chi connectivity index (χ3v) is 2.28. The highest BCUT2D eigenvalue weighted by Gasteiger charge is 1.86. The minimum Gasteiger partial charge on any atom is -0.386 e. The lowest BCUT2D eigenvalue weighted by Crippen LogP contribution is -1.86. The third-order valence-electron chi connectivity index (χ3n) is 0.760. The molecule has 0 aliphatic carbocycles. The standard InChI is InChI=1S/C5H12O2S2/c6-4-8-2-1-3-9-5-7/h6-7H,1-5H2. The van der Waals surface area contributed by atoms with Crippen molar-refractivity contribution in [2.75, 3.05) is 23.4 Å². The lowest BCUT2D eigenvalue weighted by Gasteiger charge is -1.95. The van der Waals surface area contributed by atoms with Gasteiger partial charge in [0, 0.05) is 0 Å². The minimum absolute atomic E-state index is 0.212. The van der Waals surface area contributed by atoms with E-state index in [9.17, 15) is 0 Å². The van der Waals surface area contributed by atoms with E-state index in [-0.39, 0.29) is 11.9 Å². The molecule has 0 spiro atoms. The third kappa shape index (κ3) is 8.62. The average molecular weight is 168 g/mol. The summed E-state index contributed by atoms with van der Waals surface area (Å²) in [5, 5.41) is 16.7. The molecular formula is C5H12O2S2. The Balaban J connectivity index is 2.60. The molecule has 0 fully saturated rings. The molecule has 9 heavy (non-hydrogen) atoms. The number of hydrogen-bond donors (Lipinski definition) is 2. The van der Waals surface area contributed by atoms with Crippen molar-refractivity contribution in [2.24, 2.45) is 0 Å². The largest absolute Gasteiger partial charge is 0.386 e. The van der Waals surface area contributed by atoms with Gasteiger partial charge in [-0.15, -0.1) is 23.5 Å². The van der Waals surface area contributed by atoms with E-state index >= 15 is 0 Å². The molecule has 0 saturated carbocycles. The highest BCUT2D eigenvalue weighted by Crippen LogP contribution is 2.05. The van der Waals surface area contributed by atoms with Crippen LogP contribution in [0.25, 0.3) is 0 Å². The zero-order chi connectivity index (χ0) is 6.95. The average Bonchev–Trinajstić information content (AvgIpc) is 1.89. The molecule has 0 atom stereocenters. The Kier molecular flexibility index (Phi) is 9.21. The summed E-state index contributed by atoms with van der Waals surface area (Å²) in [7, 11) is 0. The fraction of sp³-hybridized carbons (Fsp3) is 1.00. The second-order valence-corrected chi connectivity index (χ2v) is 3.58. The second-order valence-electron chi connectivity index (χ2n) is 1.43. The summed E-state index contributed by atoms with van der Waals surface area (Å²) in [6.07, 6.45) is 1.07. The van der Waals surface area contributed by atoms with Gasteiger partial charge in [0.2, 0.25) is 0 Å². The van der Waals surface area contributed by atoms with Gasteiger partial charge in [-0.1, -0.05) is 0 Å². The molecular weight excluding hydrogens is 156 g/mol. The Labute approximate surface area is 64.0 Å². The molecule has 0 saturated heterocycles. The highest BCUT2D eigenvalue weighted by molar-refractivity contribution is 7.99. The lowest BCUT2D eigenvalue weighted by molar-refractivity contribution is 0.375. The molecule has 0 aliphatic heterocycles. The Morgan fingerprint density at radius 3 is 1.67 bits per heavy atom. The van der Waals surface area contributed by atoms with Gasteiger partial charge >= 0.3 is 0 Å². The summed E-state index contributed by atoms with van der Waals surface area (Å²) in [6, 6.07) is 0. The molecule has 0 heterocycles. The van der Waals surface area contributed by atoms with Crippen LogP contribution in [-0.2, 0) is 0 Å². The molecule has 0 aromatic carbocycles. The Morgan fingerprint density at radius 2 is 1.33 bits per heavy atom. The van der Waals surface area contributed by atoms with Crippen molar-refractivity contribution in [1.29, 1.82) is 0 Å². The van der Waals surface area contributed by atoms with Crippen LogP contribution in [0.1, 0.15) is 6.42 Å². The van der Waals surface area contributed by atoms with Gasteiger partial charge < -0.3 is 10.2 Å². The predicted molar refractivity (Wildman–Crippen MR) is 43.7 cm³/mol. The smallest absolute Gasteiger partial charge is 0.0885 e. The quantitative estimate of drug-likeness (QED) is 0.453. The van der Waals surface area contributed by atoms with Crippen molar-refractivity contribution < 1.29 is 10.2 Å². The van der Waals surface area contributed by atoms with Gasteiger partial charge in [-0.05, 0) is 17.9 Å². The first-order valence-electron chi connectivity index (χ1n) is 2.79. The molecule has 0 aliphatic rings. The van der Waals surface area contributed by atoms with Gasteiger partial charge in [-0.3, -0.25) is 0 Å². The summed E-state index contributed by atoms with van der Waals surface area (Å²) in [5.41, 5.74) is 0. The van der Waals surface area contributed by atoms with Gasteiger partial charge in [0.25, 0.3) is 0 Å². The second kappa shape index (κ2) is 8.62. The van der Waals surface area contributed by atoms with Crippen molar-refractivity contribution >= 4 is 23.5 Å². The van der Waals surface area contributed by atoms with Crippen LogP contribution in [0.4, 0.5) is 0 Å². The monoisotopic (exact) mass is 168 g/mol. The van der Waals surface area contributed by atoms with E-state index in [0.717, 1.165) is 17.9 Å². The van der Waals surface area contributed by atoms with Gasteiger partial charge in [-0.25, -0.2) is 0 Å². The van der Waals surface area contributed by atoms with E-state index in [1.54, 1.807) is 0 Å². The molecule has 4 heteroatoms. The molecule has 0 aromatic heterocycles. The van der Waals surface area contributed by atoms with E-state index < -0.39 is 0 Å². The molecule has 0 amide bonds. The van der Waals surface area contributed by atoms with Crippen molar-refractivity contribution in [1.82, 2.24) is 0 Å². The summed E-state index contributed by atoms with van der Waals surface area (Å²) < 4.78 is 0. The summed E-state index contributed by atoms with van der Waals surface area (Å²) in [5.74, 6) is 2.40. The first-order chi connectivity index (χ1) is 4.41. The Morgan fingerprint density at radius 1 is 0.889 bits per heavy atom. The Bertz CT molecular complexity index is 46.2. The van der Waals surface area contributed by atoms with Crippen LogP contribution in [-0.4, -0.2) is 33.6 Å². The zero-order valence-electron chi connectivity index (χ0n) is 5.25. The first kappa shape index (κ1) is 9.62. The van der Waals surface area contributed by atoms with Gasteiger partial charge in [0.15, 0.2) is 0 Å². The van der Waals surface area contributed by atoms with Crippen LogP contribution in [0.15, 0.2) is 0 Å². The summed E-state index contributed by atoms with van der Waals surface area (Å²) in [4.78, 5) is 0. The van der Waals surface area contributed by atoms with Crippen LogP contribution in [0.3, 0.4) is 0 Å². The van der Waals surface area contributed by atoms with Crippen molar-refractivity contribution in [2.45, 2.75) is 6.42 Å². The molecule has 0 radical (unpaired) electrons. The van der Waals surface area contributed by atoms with Crippen LogP contribution in [0.2, 0.25) is 0 Å². The number of thioether (sulfide) groups is 2. The highest BCUT2D eigenvalue weighted by atomic mass is 32.2. The minimum atomic E-state index is 0.212. The number of rotatable bonds is 6. The maximum Gasteiger partial charge on any atom is 0.0885 e. The van der Waals surface area contributed by atoms with Crippen LogP contribution in [0, 0.1) is 0 Å². The van der Waals surface area contributed by atoms with Gasteiger partial charge in [-0.2, -0.15) is 0 Å². The topological polar surface area (TPSA) is 40.5 Å². The molecule has 0 bridgehead atoms. The number of aliphatic hydroxyl groups excluding tert-OH is 2. The van der Waals surface area contributed by atoms with Crippen molar-refractivity contribution in [3.8, 4) is 0 Å². The molecule has 0 aromatic rings. The zero-order valence-corrected chi connectivity index (χ0v) is 6.88. The first-order valence-corrected chi connectivity index (χ1v) is 5.10. The van der Waals surface area contributed by atoms with Gasteiger partial charge in [0.1, 0.15) is 0 Å². The molecule has 0 rings (SSSR count). The lowest BCUT2D eigenvalue weighted by atomic mass is 10.6. The van der Waals surface area contributed by atoms with E-state index in [0.29, 0.717) is 0 Å². The number of aliphatic hydroxyl groups is 2. The maximum atomic E-state index is 8.33. The van der Waals surface area contributed by atoms with Crippen molar-refractivity contribution in [3.63, 3.8) is 0 Å².